The average Bonchev–Trinajstić information content (AvgIpc) is 2.18. The zero-order valence-electron chi connectivity index (χ0n) is 7.35. The predicted octanol–water partition coefficient (Wildman–Crippen LogP) is 0.759. The van der Waals surface area contributed by atoms with Gasteiger partial charge >= 0.3 is 5.97 Å². The summed E-state index contributed by atoms with van der Waals surface area (Å²) in [7, 11) is 0. The number of aliphatic carboxylic acids is 1. The maximum absolute atomic E-state index is 11.3. The molecule has 0 radical (unpaired) electrons. The highest BCUT2D eigenvalue weighted by Crippen LogP contribution is 2.26. The number of carbonyl (C=O) groups excluding carboxylic acids is 1. The van der Waals surface area contributed by atoms with Gasteiger partial charge in [-0.1, -0.05) is 11.6 Å². The van der Waals surface area contributed by atoms with Crippen molar-refractivity contribution in [2.45, 2.75) is 0 Å². The molecule has 0 saturated carbocycles. The number of aliphatic imine (C=N–C) groups is 2. The Hall–Kier alpha value is -1.75. The summed E-state index contributed by atoms with van der Waals surface area (Å²) in [6.45, 7) is 0. The Morgan fingerprint density at radius 1 is 1.53 bits per heavy atom. The quantitative estimate of drug-likeness (QED) is 0.714. The molecule has 1 heterocycles. The molecule has 0 saturated heterocycles. The second-order valence-corrected chi connectivity index (χ2v) is 3.40. The molecule has 1 aliphatic heterocycles. The highest BCUT2D eigenvalue weighted by Gasteiger charge is 2.29. The Bertz CT molecular complexity index is 474. The van der Waals surface area contributed by atoms with E-state index in [2.05, 4.69) is 9.98 Å². The van der Waals surface area contributed by atoms with E-state index in [1.165, 1.54) is 12.2 Å². The van der Waals surface area contributed by atoms with E-state index in [-0.39, 0.29) is 16.5 Å². The minimum absolute atomic E-state index is 0.0388. The van der Waals surface area contributed by atoms with Crippen molar-refractivity contribution in [2.24, 2.45) is 15.9 Å². The molecule has 2 aliphatic rings. The molecule has 0 spiro atoms. The molecule has 2 rings (SSSR count). The molecule has 0 bridgehead atoms. The summed E-state index contributed by atoms with van der Waals surface area (Å²) in [6.07, 6.45) is 3.75. The van der Waals surface area contributed by atoms with Gasteiger partial charge in [0.2, 0.25) is 0 Å². The molecule has 6 heteroatoms. The van der Waals surface area contributed by atoms with Crippen LogP contribution in [0, 0.1) is 5.92 Å². The number of fused-ring (bicyclic) bond motifs is 1. The van der Waals surface area contributed by atoms with Crippen molar-refractivity contribution < 1.29 is 14.7 Å². The van der Waals surface area contributed by atoms with Gasteiger partial charge in [-0.25, -0.2) is 14.8 Å². The third-order valence-corrected chi connectivity index (χ3v) is 2.40. The van der Waals surface area contributed by atoms with Crippen LogP contribution in [0.25, 0.3) is 0 Å². The van der Waals surface area contributed by atoms with Gasteiger partial charge in [0.05, 0.1) is 16.3 Å². The highest BCUT2D eigenvalue weighted by atomic mass is 35.5. The van der Waals surface area contributed by atoms with Gasteiger partial charge in [0.25, 0.3) is 5.91 Å². The number of carboxylic acid groups (broad SMARTS) is 1. The Morgan fingerprint density at radius 2 is 2.27 bits per heavy atom. The van der Waals surface area contributed by atoms with E-state index in [1.54, 1.807) is 0 Å². The van der Waals surface area contributed by atoms with Crippen LogP contribution in [0.2, 0.25) is 0 Å². The lowest BCUT2D eigenvalue weighted by molar-refractivity contribution is -0.132. The fraction of sp³-hybridized carbons (Fsp3) is 0.111. The number of halogens is 1. The standard InChI is InChI=1S/C9H5ClN2O3/c10-6-1-5-7(2-4(6)9(14)15)11-3-12-8(5)13/h1-3,5H,(H,14,15). The summed E-state index contributed by atoms with van der Waals surface area (Å²) in [5.41, 5.74) is 0.298. The van der Waals surface area contributed by atoms with Crippen LogP contribution in [0.5, 0.6) is 0 Å². The number of nitrogens with zero attached hydrogens (tertiary/aromatic N) is 2. The summed E-state index contributed by atoms with van der Waals surface area (Å²) >= 11 is 5.72. The van der Waals surface area contributed by atoms with Crippen LogP contribution in [0.1, 0.15) is 0 Å². The lowest BCUT2D eigenvalue weighted by atomic mass is 9.93. The number of rotatable bonds is 1. The van der Waals surface area contributed by atoms with Crippen LogP contribution in [-0.2, 0) is 9.59 Å². The van der Waals surface area contributed by atoms with Gasteiger partial charge in [-0.05, 0) is 12.2 Å². The van der Waals surface area contributed by atoms with E-state index in [1.807, 2.05) is 0 Å². The van der Waals surface area contributed by atoms with Crippen molar-refractivity contribution >= 4 is 35.5 Å². The average molecular weight is 225 g/mol. The number of amides is 1. The summed E-state index contributed by atoms with van der Waals surface area (Å²) in [5, 5.41) is 8.84. The molecular formula is C9H5ClN2O3. The van der Waals surface area contributed by atoms with Crippen molar-refractivity contribution in [3.63, 3.8) is 0 Å². The van der Waals surface area contributed by atoms with Gasteiger partial charge in [-0.15, -0.1) is 0 Å². The number of hydrogen-bond acceptors (Lipinski definition) is 3. The highest BCUT2D eigenvalue weighted by molar-refractivity contribution is 6.37. The topological polar surface area (TPSA) is 79.1 Å². The molecule has 1 atom stereocenters. The summed E-state index contributed by atoms with van der Waals surface area (Å²) in [5.74, 6) is -2.18. The Balaban J connectivity index is 2.48. The molecule has 0 aromatic heterocycles. The maximum Gasteiger partial charge on any atom is 0.337 e. The number of carboxylic acids is 1. The minimum atomic E-state index is -1.15. The second-order valence-electron chi connectivity index (χ2n) is 2.99. The summed E-state index contributed by atoms with van der Waals surface area (Å²) in [4.78, 5) is 29.4. The molecule has 0 fully saturated rings. The molecule has 1 N–H and O–H groups in total. The van der Waals surface area contributed by atoms with E-state index in [4.69, 9.17) is 16.7 Å². The van der Waals surface area contributed by atoms with Gasteiger partial charge < -0.3 is 5.11 Å². The molecule has 1 amide bonds. The van der Waals surface area contributed by atoms with Gasteiger partial charge in [0.1, 0.15) is 12.3 Å². The van der Waals surface area contributed by atoms with Gasteiger partial charge in [0, 0.05) is 0 Å². The first-order chi connectivity index (χ1) is 7.09. The number of hydrogen-bond donors (Lipinski definition) is 1. The van der Waals surface area contributed by atoms with Crippen LogP contribution in [0.3, 0.4) is 0 Å². The van der Waals surface area contributed by atoms with Gasteiger partial charge in [-0.2, -0.15) is 0 Å². The Morgan fingerprint density at radius 3 is 2.93 bits per heavy atom. The normalized spacial score (nSPS) is 23.9. The number of carbonyl (C=O) groups is 2. The monoisotopic (exact) mass is 224 g/mol. The molecule has 5 nitrogen and oxygen atoms in total. The minimum Gasteiger partial charge on any atom is -0.478 e. The van der Waals surface area contributed by atoms with Crippen LogP contribution < -0.4 is 0 Å². The molecule has 76 valence electrons. The van der Waals surface area contributed by atoms with E-state index in [9.17, 15) is 9.59 Å². The van der Waals surface area contributed by atoms with Crippen LogP contribution in [0.15, 0.2) is 32.7 Å². The van der Waals surface area contributed by atoms with Crippen LogP contribution >= 0.6 is 11.6 Å². The van der Waals surface area contributed by atoms with Crippen LogP contribution in [-0.4, -0.2) is 29.0 Å². The van der Waals surface area contributed by atoms with E-state index in [0.29, 0.717) is 5.71 Å². The largest absolute Gasteiger partial charge is 0.478 e. The molecule has 0 aromatic carbocycles. The van der Waals surface area contributed by atoms with E-state index in [0.717, 1.165) is 6.34 Å². The molecule has 1 unspecified atom stereocenters. The predicted molar refractivity (Wildman–Crippen MR) is 54.1 cm³/mol. The molecule has 0 aromatic rings. The maximum atomic E-state index is 11.3. The van der Waals surface area contributed by atoms with Crippen LogP contribution in [0.4, 0.5) is 0 Å². The van der Waals surface area contributed by atoms with E-state index >= 15 is 0 Å². The first-order valence-electron chi connectivity index (χ1n) is 4.06. The molecule has 1 aliphatic carbocycles. The first kappa shape index (κ1) is 9.79. The third-order valence-electron chi connectivity index (χ3n) is 2.07. The smallest absolute Gasteiger partial charge is 0.337 e. The van der Waals surface area contributed by atoms with Crippen molar-refractivity contribution in [1.82, 2.24) is 0 Å². The zero-order chi connectivity index (χ0) is 11.0. The summed E-state index contributed by atoms with van der Waals surface area (Å²) in [6, 6.07) is 0. The van der Waals surface area contributed by atoms with E-state index < -0.39 is 11.9 Å². The van der Waals surface area contributed by atoms with Crippen molar-refractivity contribution in [3.05, 3.63) is 22.8 Å². The Labute approximate surface area is 89.5 Å². The van der Waals surface area contributed by atoms with Gasteiger partial charge in [0.15, 0.2) is 0 Å². The van der Waals surface area contributed by atoms with Gasteiger partial charge in [-0.3, -0.25) is 4.79 Å². The van der Waals surface area contributed by atoms with Crippen molar-refractivity contribution in [3.8, 4) is 0 Å². The third kappa shape index (κ3) is 1.61. The summed E-state index contributed by atoms with van der Waals surface area (Å²) < 4.78 is 0. The number of allylic oxidation sites excluding steroid dienone is 1. The van der Waals surface area contributed by atoms with Crippen molar-refractivity contribution in [1.29, 1.82) is 0 Å². The SMILES string of the molecule is O=C(O)C1=CC2=NC=NC(=O)C2C=C1Cl. The fourth-order valence-electron chi connectivity index (χ4n) is 1.34. The van der Waals surface area contributed by atoms with Crippen molar-refractivity contribution in [2.75, 3.05) is 0 Å². The molecule has 15 heavy (non-hydrogen) atoms. The lowest BCUT2D eigenvalue weighted by Crippen LogP contribution is -2.26. The lowest BCUT2D eigenvalue weighted by Gasteiger charge is -2.17. The second kappa shape index (κ2) is 3.43. The fourth-order valence-corrected chi connectivity index (χ4v) is 1.60. The first-order valence-corrected chi connectivity index (χ1v) is 4.44. The Kier molecular flexibility index (Phi) is 2.24. The zero-order valence-corrected chi connectivity index (χ0v) is 8.10. The molecular weight excluding hydrogens is 220 g/mol.